The molecule has 0 saturated carbocycles. The van der Waals surface area contributed by atoms with Crippen LogP contribution in [0.4, 0.5) is 13.6 Å². The summed E-state index contributed by atoms with van der Waals surface area (Å²) in [5, 5.41) is 11.7. The third kappa shape index (κ3) is 4.06. The number of hydrogen-bond acceptors (Lipinski definition) is 3. The average Bonchev–Trinajstić information content (AvgIpc) is 3.11. The number of carboxylic acids is 1. The van der Waals surface area contributed by atoms with Crippen molar-refractivity contribution in [1.29, 1.82) is 0 Å². The Morgan fingerprint density at radius 2 is 1.59 bits per heavy atom. The topological polar surface area (TPSA) is 75.6 Å². The second-order valence-electron chi connectivity index (χ2n) is 7.72. The number of nitrogens with one attached hydrogen (secondary N) is 1. The first-order chi connectivity index (χ1) is 15.4. The Labute approximate surface area is 183 Å². The fourth-order valence-electron chi connectivity index (χ4n) is 4.09. The van der Waals surface area contributed by atoms with E-state index < -0.39 is 41.7 Å². The van der Waals surface area contributed by atoms with Crippen molar-refractivity contribution in [3.05, 3.63) is 94.6 Å². The fourth-order valence-corrected chi connectivity index (χ4v) is 4.09. The van der Waals surface area contributed by atoms with Crippen LogP contribution in [-0.2, 0) is 16.0 Å². The van der Waals surface area contributed by atoms with Crippen molar-refractivity contribution < 1.29 is 28.2 Å². The molecule has 5 nitrogen and oxygen atoms in total. The van der Waals surface area contributed by atoms with E-state index in [2.05, 4.69) is 5.32 Å². The molecule has 164 valence electrons. The number of carboxylic acid groups (broad SMARTS) is 1. The lowest BCUT2D eigenvalue weighted by Crippen LogP contribution is -2.43. The Bertz CT molecular complexity index is 1150. The summed E-state index contributed by atoms with van der Waals surface area (Å²) in [6.45, 7) is 1.45. The van der Waals surface area contributed by atoms with Crippen molar-refractivity contribution >= 4 is 12.1 Å². The van der Waals surface area contributed by atoms with Gasteiger partial charge in [-0.05, 0) is 40.8 Å². The third-order valence-electron chi connectivity index (χ3n) is 5.72. The number of alkyl carbamates (subject to hydrolysis) is 1. The summed E-state index contributed by atoms with van der Waals surface area (Å²) in [4.78, 5) is 24.0. The number of carbonyl (C=O) groups is 2. The number of ether oxygens (including phenoxy) is 1. The summed E-state index contributed by atoms with van der Waals surface area (Å²) in [6, 6.07) is 16.4. The molecule has 3 aromatic carbocycles. The molecular formula is C25H21F2NO4. The van der Waals surface area contributed by atoms with Crippen molar-refractivity contribution in [3.8, 4) is 11.1 Å². The molecule has 7 heteroatoms. The van der Waals surface area contributed by atoms with Crippen LogP contribution in [0.15, 0.2) is 60.7 Å². The standard InChI is InChI=1S/C25H21F2NO4/c1-14-10-11-21(26)19(23(14)27)12-22(24(29)30)28-25(31)32-13-20-17-8-4-2-6-15(17)16-7-3-5-9-18(16)20/h2-11,20,22H,12-13H2,1H3,(H,28,31)(H,29,30). The van der Waals surface area contributed by atoms with Crippen LogP contribution in [0.5, 0.6) is 0 Å². The molecule has 0 bridgehead atoms. The van der Waals surface area contributed by atoms with Crippen LogP contribution in [0.2, 0.25) is 0 Å². The molecule has 32 heavy (non-hydrogen) atoms. The molecule has 0 aliphatic heterocycles. The SMILES string of the molecule is Cc1ccc(F)c(CC(NC(=O)OCC2c3ccccc3-c3ccccc32)C(=O)O)c1F. The van der Waals surface area contributed by atoms with Gasteiger partial charge in [0.25, 0.3) is 0 Å². The zero-order chi connectivity index (χ0) is 22.8. The minimum Gasteiger partial charge on any atom is -0.480 e. The summed E-state index contributed by atoms with van der Waals surface area (Å²) in [6.07, 6.45) is -1.51. The number of aryl methyl sites for hydroxylation is 1. The molecule has 0 spiro atoms. The normalized spacial score (nSPS) is 13.2. The Kier molecular flexibility index (Phi) is 5.90. The average molecular weight is 437 g/mol. The molecule has 2 N–H and O–H groups in total. The summed E-state index contributed by atoms with van der Waals surface area (Å²) in [5.74, 6) is -3.30. The maximum atomic E-state index is 14.3. The van der Waals surface area contributed by atoms with E-state index in [0.717, 1.165) is 28.3 Å². The van der Waals surface area contributed by atoms with Crippen LogP contribution in [0, 0.1) is 18.6 Å². The van der Waals surface area contributed by atoms with Crippen molar-refractivity contribution in [2.45, 2.75) is 25.3 Å². The van der Waals surface area contributed by atoms with Crippen LogP contribution in [0.25, 0.3) is 11.1 Å². The third-order valence-corrected chi connectivity index (χ3v) is 5.72. The van der Waals surface area contributed by atoms with E-state index in [0.29, 0.717) is 0 Å². The highest BCUT2D eigenvalue weighted by Gasteiger charge is 2.30. The molecule has 3 aromatic rings. The predicted octanol–water partition coefficient (Wildman–Crippen LogP) is 4.81. The molecule has 1 atom stereocenters. The van der Waals surface area contributed by atoms with Gasteiger partial charge in [0.15, 0.2) is 0 Å². The van der Waals surface area contributed by atoms with E-state index in [1.807, 2.05) is 48.5 Å². The van der Waals surface area contributed by atoms with E-state index in [9.17, 15) is 23.5 Å². The zero-order valence-electron chi connectivity index (χ0n) is 17.3. The van der Waals surface area contributed by atoms with Gasteiger partial charge in [0, 0.05) is 17.9 Å². The first-order valence-electron chi connectivity index (χ1n) is 10.1. The summed E-state index contributed by atoms with van der Waals surface area (Å²) in [5.41, 5.74) is 3.94. The molecular weight excluding hydrogens is 416 g/mol. The molecule has 0 fully saturated rings. The molecule has 0 heterocycles. The van der Waals surface area contributed by atoms with Gasteiger partial charge >= 0.3 is 12.1 Å². The quantitative estimate of drug-likeness (QED) is 0.581. The van der Waals surface area contributed by atoms with Crippen molar-refractivity contribution in [2.24, 2.45) is 0 Å². The van der Waals surface area contributed by atoms with E-state index >= 15 is 0 Å². The largest absolute Gasteiger partial charge is 0.480 e. The molecule has 1 amide bonds. The van der Waals surface area contributed by atoms with Crippen molar-refractivity contribution in [3.63, 3.8) is 0 Å². The van der Waals surface area contributed by atoms with E-state index in [1.54, 1.807) is 0 Å². The number of carbonyl (C=O) groups excluding carboxylic acids is 1. The van der Waals surface area contributed by atoms with Gasteiger partial charge in [-0.25, -0.2) is 18.4 Å². The molecule has 0 saturated heterocycles. The van der Waals surface area contributed by atoms with E-state index in [-0.39, 0.29) is 18.1 Å². The van der Waals surface area contributed by atoms with Gasteiger partial charge in [0.1, 0.15) is 24.3 Å². The predicted molar refractivity (Wildman–Crippen MR) is 114 cm³/mol. The number of rotatable bonds is 6. The van der Waals surface area contributed by atoms with E-state index in [4.69, 9.17) is 4.74 Å². The van der Waals surface area contributed by atoms with Crippen molar-refractivity contribution in [2.75, 3.05) is 6.61 Å². The number of benzene rings is 3. The highest BCUT2D eigenvalue weighted by atomic mass is 19.1. The van der Waals surface area contributed by atoms with Crippen LogP contribution in [0.1, 0.15) is 28.2 Å². The summed E-state index contributed by atoms with van der Waals surface area (Å²) < 4.78 is 33.7. The Hall–Kier alpha value is -3.74. The number of halogens is 2. The zero-order valence-corrected chi connectivity index (χ0v) is 17.3. The minimum atomic E-state index is -1.54. The molecule has 0 aromatic heterocycles. The van der Waals surface area contributed by atoms with Crippen LogP contribution < -0.4 is 5.32 Å². The Morgan fingerprint density at radius 3 is 2.19 bits per heavy atom. The van der Waals surface area contributed by atoms with Gasteiger partial charge in [-0.1, -0.05) is 54.6 Å². The summed E-state index contributed by atoms with van der Waals surface area (Å²) >= 11 is 0. The number of fused-ring (bicyclic) bond motifs is 3. The number of aliphatic carboxylic acids is 1. The van der Waals surface area contributed by atoms with Crippen LogP contribution >= 0.6 is 0 Å². The van der Waals surface area contributed by atoms with Crippen molar-refractivity contribution in [1.82, 2.24) is 5.32 Å². The first kappa shape index (κ1) is 21.5. The smallest absolute Gasteiger partial charge is 0.407 e. The fraction of sp³-hybridized carbons (Fsp3) is 0.200. The minimum absolute atomic E-state index is 0.000629. The second kappa shape index (κ2) is 8.78. The number of amides is 1. The Balaban J connectivity index is 1.46. The lowest BCUT2D eigenvalue weighted by atomic mass is 9.98. The lowest BCUT2D eigenvalue weighted by Gasteiger charge is -2.18. The van der Waals surface area contributed by atoms with Gasteiger partial charge in [0.05, 0.1) is 0 Å². The summed E-state index contributed by atoms with van der Waals surface area (Å²) in [7, 11) is 0. The highest BCUT2D eigenvalue weighted by Crippen LogP contribution is 2.44. The Morgan fingerprint density at radius 1 is 1.00 bits per heavy atom. The molecule has 4 rings (SSSR count). The highest BCUT2D eigenvalue weighted by molar-refractivity contribution is 5.81. The van der Waals surface area contributed by atoms with Gasteiger partial charge in [-0.3, -0.25) is 0 Å². The first-order valence-corrected chi connectivity index (χ1v) is 10.1. The van der Waals surface area contributed by atoms with Gasteiger partial charge in [0.2, 0.25) is 0 Å². The van der Waals surface area contributed by atoms with Gasteiger partial charge < -0.3 is 15.2 Å². The molecule has 0 radical (unpaired) electrons. The maximum Gasteiger partial charge on any atom is 0.407 e. The van der Waals surface area contributed by atoms with Crippen LogP contribution in [0.3, 0.4) is 0 Å². The van der Waals surface area contributed by atoms with Crippen LogP contribution in [-0.4, -0.2) is 29.8 Å². The number of hydrogen-bond donors (Lipinski definition) is 2. The monoisotopic (exact) mass is 437 g/mol. The van der Waals surface area contributed by atoms with Gasteiger partial charge in [-0.15, -0.1) is 0 Å². The lowest BCUT2D eigenvalue weighted by molar-refractivity contribution is -0.139. The second-order valence-corrected chi connectivity index (χ2v) is 7.72. The molecule has 1 unspecified atom stereocenters. The van der Waals surface area contributed by atoms with Gasteiger partial charge in [-0.2, -0.15) is 0 Å². The molecule has 1 aliphatic carbocycles. The van der Waals surface area contributed by atoms with E-state index in [1.165, 1.54) is 13.0 Å². The molecule has 1 aliphatic rings. The maximum absolute atomic E-state index is 14.3.